The van der Waals surface area contributed by atoms with Gasteiger partial charge in [-0.25, -0.2) is 0 Å². The van der Waals surface area contributed by atoms with Crippen molar-refractivity contribution in [1.29, 1.82) is 0 Å². The Labute approximate surface area is 229 Å². The highest BCUT2D eigenvalue weighted by Gasteiger charge is 2.12. The molecule has 0 saturated heterocycles. The first-order chi connectivity index (χ1) is 18.0. The molecule has 0 unspecified atom stereocenters. The molecule has 0 amide bonds. The summed E-state index contributed by atoms with van der Waals surface area (Å²) in [5, 5.41) is 9.90. The van der Waals surface area contributed by atoms with E-state index in [9.17, 15) is 14.7 Å². The minimum absolute atomic E-state index is 0.110. The van der Waals surface area contributed by atoms with E-state index >= 15 is 0 Å². The molecule has 0 saturated carbocycles. The monoisotopic (exact) mass is 526 g/mol. The summed E-state index contributed by atoms with van der Waals surface area (Å²) in [7, 11) is 0. The van der Waals surface area contributed by atoms with E-state index < -0.39 is 6.10 Å². The van der Waals surface area contributed by atoms with Crippen LogP contribution in [0.1, 0.15) is 168 Å². The molecule has 0 aromatic heterocycles. The van der Waals surface area contributed by atoms with Gasteiger partial charge in [-0.3, -0.25) is 9.59 Å². The van der Waals surface area contributed by atoms with Crippen molar-refractivity contribution < 1.29 is 24.2 Å². The summed E-state index contributed by atoms with van der Waals surface area (Å²) in [6.45, 7) is 6.60. The number of esters is 2. The van der Waals surface area contributed by atoms with Crippen molar-refractivity contribution in [2.24, 2.45) is 5.92 Å². The fraction of sp³-hybridized carbons (Fsp3) is 0.938. The maximum atomic E-state index is 11.9. The molecule has 0 fully saturated rings. The Balaban J connectivity index is 3.39. The van der Waals surface area contributed by atoms with Crippen LogP contribution < -0.4 is 0 Å². The molecule has 0 aliphatic carbocycles. The zero-order chi connectivity index (χ0) is 27.4. The van der Waals surface area contributed by atoms with Crippen molar-refractivity contribution >= 4 is 11.9 Å². The second-order valence-corrected chi connectivity index (χ2v) is 11.4. The van der Waals surface area contributed by atoms with Crippen LogP contribution in [-0.2, 0) is 19.1 Å². The number of ether oxygens (including phenoxy) is 2. The third-order valence-electron chi connectivity index (χ3n) is 7.02. The van der Waals surface area contributed by atoms with Gasteiger partial charge >= 0.3 is 11.9 Å². The first kappa shape index (κ1) is 35.9. The largest absolute Gasteiger partial charge is 0.463 e. The van der Waals surface area contributed by atoms with Crippen LogP contribution in [0.25, 0.3) is 0 Å². The van der Waals surface area contributed by atoms with E-state index in [4.69, 9.17) is 9.47 Å². The lowest BCUT2D eigenvalue weighted by Gasteiger charge is -2.12. The SMILES string of the molecule is CCCCCCCCCC(=O)OC[C@H](O)COC(=O)CCCCCCCCCCCCCCCC(C)C. The van der Waals surface area contributed by atoms with E-state index in [1.54, 1.807) is 0 Å². The lowest BCUT2D eigenvalue weighted by molar-refractivity contribution is -0.152. The van der Waals surface area contributed by atoms with Crippen molar-refractivity contribution in [3.63, 3.8) is 0 Å². The third-order valence-corrected chi connectivity index (χ3v) is 7.02. The normalized spacial score (nSPS) is 12.1. The van der Waals surface area contributed by atoms with Crippen LogP contribution in [0.5, 0.6) is 0 Å². The first-order valence-electron chi connectivity index (χ1n) is 15.9. The number of aliphatic hydroxyl groups excluding tert-OH is 1. The minimum atomic E-state index is -0.952. The molecule has 0 aliphatic rings. The van der Waals surface area contributed by atoms with Gasteiger partial charge in [0.2, 0.25) is 0 Å². The lowest BCUT2D eigenvalue weighted by Crippen LogP contribution is -2.25. The van der Waals surface area contributed by atoms with Crippen LogP contribution >= 0.6 is 0 Å². The second kappa shape index (κ2) is 27.9. The van der Waals surface area contributed by atoms with E-state index in [2.05, 4.69) is 20.8 Å². The average Bonchev–Trinajstić information content (AvgIpc) is 2.87. The minimum Gasteiger partial charge on any atom is -0.463 e. The van der Waals surface area contributed by atoms with Crippen molar-refractivity contribution in [3.8, 4) is 0 Å². The van der Waals surface area contributed by atoms with Crippen molar-refractivity contribution in [1.82, 2.24) is 0 Å². The number of hydrogen-bond acceptors (Lipinski definition) is 5. The van der Waals surface area contributed by atoms with E-state index in [1.165, 1.54) is 103 Å². The Bertz CT molecular complexity index is 505. The van der Waals surface area contributed by atoms with Crippen LogP contribution in [-0.4, -0.2) is 36.4 Å². The fourth-order valence-electron chi connectivity index (χ4n) is 4.56. The molecule has 0 rings (SSSR count). The van der Waals surface area contributed by atoms with Crippen molar-refractivity contribution in [2.45, 2.75) is 175 Å². The van der Waals surface area contributed by atoms with Gasteiger partial charge in [0.25, 0.3) is 0 Å². The number of carbonyl (C=O) groups excluding carboxylic acids is 2. The van der Waals surface area contributed by atoms with Gasteiger partial charge in [-0.15, -0.1) is 0 Å². The highest BCUT2D eigenvalue weighted by molar-refractivity contribution is 5.69. The molecule has 37 heavy (non-hydrogen) atoms. The molecule has 1 N–H and O–H groups in total. The summed E-state index contributed by atoms with van der Waals surface area (Å²) in [6.07, 6.45) is 25.9. The number of carbonyl (C=O) groups is 2. The molecule has 0 aromatic carbocycles. The van der Waals surface area contributed by atoms with Gasteiger partial charge in [0, 0.05) is 12.8 Å². The molecule has 0 spiro atoms. The maximum absolute atomic E-state index is 11.9. The average molecular weight is 527 g/mol. The van der Waals surface area contributed by atoms with Crippen LogP contribution in [0.3, 0.4) is 0 Å². The van der Waals surface area contributed by atoms with Crippen molar-refractivity contribution in [3.05, 3.63) is 0 Å². The van der Waals surface area contributed by atoms with Crippen LogP contribution in [0.2, 0.25) is 0 Å². The summed E-state index contributed by atoms with van der Waals surface area (Å²) >= 11 is 0. The van der Waals surface area contributed by atoms with Crippen LogP contribution in [0.15, 0.2) is 0 Å². The fourth-order valence-corrected chi connectivity index (χ4v) is 4.56. The Morgan fingerprint density at radius 1 is 0.541 bits per heavy atom. The molecule has 0 radical (unpaired) electrons. The summed E-state index contributed by atoms with van der Waals surface area (Å²) in [5.74, 6) is 0.283. The number of unbranched alkanes of at least 4 members (excludes halogenated alkanes) is 18. The Morgan fingerprint density at radius 3 is 1.22 bits per heavy atom. The molecule has 5 heteroatoms. The summed E-state index contributed by atoms with van der Waals surface area (Å²) < 4.78 is 10.2. The topological polar surface area (TPSA) is 72.8 Å². The number of hydrogen-bond donors (Lipinski definition) is 1. The van der Waals surface area contributed by atoms with Crippen LogP contribution in [0.4, 0.5) is 0 Å². The molecular weight excluding hydrogens is 464 g/mol. The molecule has 0 aromatic rings. The number of aliphatic hydroxyl groups is 1. The predicted octanol–water partition coefficient (Wildman–Crippen LogP) is 9.08. The van der Waals surface area contributed by atoms with Crippen LogP contribution in [0, 0.1) is 5.92 Å². The first-order valence-corrected chi connectivity index (χ1v) is 15.9. The summed E-state index contributed by atoms with van der Waals surface area (Å²) in [4.78, 5) is 23.6. The van der Waals surface area contributed by atoms with Gasteiger partial charge in [-0.1, -0.05) is 143 Å². The Morgan fingerprint density at radius 2 is 0.865 bits per heavy atom. The van der Waals surface area contributed by atoms with Gasteiger partial charge in [0.1, 0.15) is 19.3 Å². The molecule has 220 valence electrons. The molecule has 0 heterocycles. The van der Waals surface area contributed by atoms with Gasteiger partial charge in [-0.05, 0) is 18.8 Å². The molecule has 5 nitrogen and oxygen atoms in total. The standard InChI is InChI=1S/C32H62O5/c1-4-5-6-7-15-19-22-25-31(34)36-27-30(33)28-37-32(35)26-23-20-17-14-12-10-8-9-11-13-16-18-21-24-29(2)3/h29-30,33H,4-28H2,1-3H3/t30-/m0/s1. The van der Waals surface area contributed by atoms with Gasteiger partial charge in [0.05, 0.1) is 0 Å². The smallest absolute Gasteiger partial charge is 0.305 e. The lowest BCUT2D eigenvalue weighted by atomic mass is 10.0. The molecule has 0 bridgehead atoms. The second-order valence-electron chi connectivity index (χ2n) is 11.4. The van der Waals surface area contributed by atoms with E-state index in [1.807, 2.05) is 0 Å². The molecule has 1 atom stereocenters. The van der Waals surface area contributed by atoms with Crippen molar-refractivity contribution in [2.75, 3.05) is 13.2 Å². The Hall–Kier alpha value is -1.10. The highest BCUT2D eigenvalue weighted by Crippen LogP contribution is 2.15. The maximum Gasteiger partial charge on any atom is 0.305 e. The number of rotatable bonds is 28. The highest BCUT2D eigenvalue weighted by atomic mass is 16.6. The van der Waals surface area contributed by atoms with Gasteiger partial charge in [0.15, 0.2) is 0 Å². The zero-order valence-corrected chi connectivity index (χ0v) is 24.9. The molecule has 0 aliphatic heterocycles. The van der Waals surface area contributed by atoms with E-state index in [-0.39, 0.29) is 25.2 Å². The van der Waals surface area contributed by atoms with E-state index in [0.29, 0.717) is 12.8 Å². The Kier molecular flexibility index (Phi) is 27.1. The zero-order valence-electron chi connectivity index (χ0n) is 24.9. The summed E-state index contributed by atoms with van der Waals surface area (Å²) in [6, 6.07) is 0. The summed E-state index contributed by atoms with van der Waals surface area (Å²) in [5.41, 5.74) is 0. The quantitative estimate of drug-likeness (QED) is 0.0813. The van der Waals surface area contributed by atoms with Gasteiger partial charge < -0.3 is 14.6 Å². The van der Waals surface area contributed by atoms with E-state index in [0.717, 1.165) is 38.0 Å². The third kappa shape index (κ3) is 29.3. The predicted molar refractivity (Wildman–Crippen MR) is 155 cm³/mol. The van der Waals surface area contributed by atoms with Gasteiger partial charge in [-0.2, -0.15) is 0 Å². The molecular formula is C32H62O5.